The third-order valence-corrected chi connectivity index (χ3v) is 4.70. The van der Waals surface area contributed by atoms with E-state index in [0.717, 1.165) is 0 Å². The highest BCUT2D eigenvalue weighted by atomic mass is 16.6. The van der Waals surface area contributed by atoms with Crippen LogP contribution in [0.25, 0.3) is 0 Å². The maximum Gasteiger partial charge on any atom is 0.410 e. The molecule has 0 spiro atoms. The van der Waals surface area contributed by atoms with Crippen molar-refractivity contribution in [2.45, 2.75) is 32.5 Å². The molecule has 0 saturated carbocycles. The number of aromatic nitrogens is 3. The van der Waals surface area contributed by atoms with E-state index in [-0.39, 0.29) is 17.9 Å². The summed E-state index contributed by atoms with van der Waals surface area (Å²) in [6.07, 6.45) is 0.798. The summed E-state index contributed by atoms with van der Waals surface area (Å²) in [6, 6.07) is 6.86. The van der Waals surface area contributed by atoms with E-state index in [4.69, 9.17) is 14.7 Å². The van der Waals surface area contributed by atoms with Crippen LogP contribution in [0.2, 0.25) is 0 Å². The quantitative estimate of drug-likeness (QED) is 0.572. The molecule has 1 aliphatic heterocycles. The van der Waals surface area contributed by atoms with Crippen LogP contribution >= 0.6 is 0 Å². The van der Waals surface area contributed by atoms with Gasteiger partial charge in [-0.1, -0.05) is 0 Å². The molecule has 0 bridgehead atoms. The van der Waals surface area contributed by atoms with Gasteiger partial charge in [0.15, 0.2) is 11.5 Å². The summed E-state index contributed by atoms with van der Waals surface area (Å²) in [5, 5.41) is 25.7. The minimum absolute atomic E-state index is 0.116. The van der Waals surface area contributed by atoms with Gasteiger partial charge in [0.2, 0.25) is 0 Å². The first-order chi connectivity index (χ1) is 16.2. The van der Waals surface area contributed by atoms with Gasteiger partial charge < -0.3 is 30.3 Å². The van der Waals surface area contributed by atoms with Gasteiger partial charge in [0.25, 0.3) is 5.91 Å². The number of carbonyl (C=O) groups is 2. The van der Waals surface area contributed by atoms with Crippen molar-refractivity contribution in [1.29, 1.82) is 5.26 Å². The molecule has 2 aromatic rings. The van der Waals surface area contributed by atoms with Gasteiger partial charge in [-0.25, -0.2) is 9.78 Å². The molecule has 1 unspecified atom stereocenters. The van der Waals surface area contributed by atoms with E-state index in [9.17, 15) is 9.59 Å². The molecule has 1 aliphatic rings. The van der Waals surface area contributed by atoms with Gasteiger partial charge in [-0.2, -0.15) is 5.26 Å². The molecule has 12 heteroatoms. The van der Waals surface area contributed by atoms with Crippen LogP contribution in [-0.4, -0.2) is 77.1 Å². The summed E-state index contributed by atoms with van der Waals surface area (Å²) in [6.45, 7) is 6.95. The molecule has 180 valence electrons. The Balaban J connectivity index is 1.70. The molecule has 3 N–H and O–H groups in total. The fourth-order valence-electron chi connectivity index (χ4n) is 3.11. The van der Waals surface area contributed by atoms with E-state index >= 15 is 0 Å². The average Bonchev–Trinajstić information content (AvgIpc) is 2.82. The maximum atomic E-state index is 12.4. The SMILES string of the molecule is CNC(=O)c1nnc(Nc2ccc(C#N)nc2)cc1NCC1CN(C(=O)OC(C)(C)C)CCO1. The van der Waals surface area contributed by atoms with Crippen molar-refractivity contribution in [2.75, 3.05) is 43.9 Å². The van der Waals surface area contributed by atoms with Crippen molar-refractivity contribution in [3.05, 3.63) is 35.8 Å². The first-order valence-corrected chi connectivity index (χ1v) is 10.7. The van der Waals surface area contributed by atoms with Crippen molar-refractivity contribution in [3.63, 3.8) is 0 Å². The predicted octanol–water partition coefficient (Wildman–Crippen LogP) is 1.89. The number of nitrogens with zero attached hydrogens (tertiary/aromatic N) is 5. The maximum absolute atomic E-state index is 12.4. The molecule has 3 rings (SSSR count). The Morgan fingerprint density at radius 3 is 2.76 bits per heavy atom. The normalized spacial score (nSPS) is 15.7. The lowest BCUT2D eigenvalue weighted by Crippen LogP contribution is -2.49. The van der Waals surface area contributed by atoms with Gasteiger partial charge in [-0.15, -0.1) is 10.2 Å². The van der Waals surface area contributed by atoms with Gasteiger partial charge in [0, 0.05) is 26.2 Å². The zero-order valence-electron chi connectivity index (χ0n) is 19.6. The molecule has 0 aromatic carbocycles. The number of carbonyl (C=O) groups excluding carboxylic acids is 2. The number of pyridine rings is 1. The van der Waals surface area contributed by atoms with Crippen molar-refractivity contribution in [2.24, 2.45) is 0 Å². The Morgan fingerprint density at radius 2 is 2.12 bits per heavy atom. The smallest absolute Gasteiger partial charge is 0.410 e. The number of nitriles is 1. The van der Waals surface area contributed by atoms with Crippen LogP contribution in [0.4, 0.5) is 22.0 Å². The largest absolute Gasteiger partial charge is 0.444 e. The molecule has 34 heavy (non-hydrogen) atoms. The van der Waals surface area contributed by atoms with Crippen molar-refractivity contribution in [1.82, 2.24) is 25.4 Å². The summed E-state index contributed by atoms with van der Waals surface area (Å²) in [5.74, 6) is -0.0249. The zero-order valence-corrected chi connectivity index (χ0v) is 19.6. The summed E-state index contributed by atoms with van der Waals surface area (Å²) < 4.78 is 11.2. The minimum Gasteiger partial charge on any atom is -0.444 e. The predicted molar refractivity (Wildman–Crippen MR) is 124 cm³/mol. The Morgan fingerprint density at radius 1 is 1.32 bits per heavy atom. The second-order valence-corrected chi connectivity index (χ2v) is 8.54. The van der Waals surface area contributed by atoms with Gasteiger partial charge >= 0.3 is 6.09 Å². The number of hydrogen-bond acceptors (Lipinski definition) is 10. The lowest BCUT2D eigenvalue weighted by atomic mass is 10.2. The zero-order chi connectivity index (χ0) is 24.7. The second kappa shape index (κ2) is 10.8. The van der Waals surface area contributed by atoms with Crippen molar-refractivity contribution >= 4 is 29.2 Å². The topological polar surface area (TPSA) is 154 Å². The fraction of sp³-hybridized carbons (Fsp3) is 0.455. The highest BCUT2D eigenvalue weighted by Crippen LogP contribution is 2.21. The number of amides is 2. The number of ether oxygens (including phenoxy) is 2. The molecule has 0 aliphatic carbocycles. The molecule has 1 saturated heterocycles. The second-order valence-electron chi connectivity index (χ2n) is 8.54. The van der Waals surface area contributed by atoms with E-state index in [2.05, 4.69) is 31.1 Å². The number of hydrogen-bond donors (Lipinski definition) is 3. The van der Waals surface area contributed by atoms with E-state index < -0.39 is 11.5 Å². The Bertz CT molecular complexity index is 1060. The summed E-state index contributed by atoms with van der Waals surface area (Å²) in [5.41, 5.74) is 0.877. The standard InChI is InChI=1S/C22H28N8O4/c1-22(2,3)34-21(32)30-7-8-33-16(13-30)12-26-17-9-18(28-29-19(17)20(31)24-4)27-15-6-5-14(10-23)25-11-15/h5-6,9,11,16H,7-8,12-13H2,1-4H3,(H,24,31)(H2,26,27,28). The van der Waals surface area contributed by atoms with E-state index in [1.165, 1.54) is 13.2 Å². The molecule has 0 radical (unpaired) electrons. The Kier molecular flexibility index (Phi) is 7.80. The van der Waals surface area contributed by atoms with Crippen LogP contribution in [0.15, 0.2) is 24.4 Å². The molecule has 1 fully saturated rings. The molecular weight excluding hydrogens is 440 g/mol. The molecule has 3 heterocycles. The minimum atomic E-state index is -0.581. The van der Waals surface area contributed by atoms with Gasteiger partial charge in [-0.3, -0.25) is 4.79 Å². The number of rotatable bonds is 6. The van der Waals surface area contributed by atoms with Crippen LogP contribution in [0.5, 0.6) is 0 Å². The molecule has 1 atom stereocenters. The van der Waals surface area contributed by atoms with E-state index in [1.807, 2.05) is 26.8 Å². The third kappa shape index (κ3) is 6.76. The van der Waals surface area contributed by atoms with Gasteiger partial charge in [0.05, 0.1) is 36.8 Å². The number of morpholine rings is 1. The number of anilines is 3. The van der Waals surface area contributed by atoms with Crippen LogP contribution in [0.3, 0.4) is 0 Å². The van der Waals surface area contributed by atoms with Crippen LogP contribution in [-0.2, 0) is 9.47 Å². The third-order valence-electron chi connectivity index (χ3n) is 4.70. The van der Waals surface area contributed by atoms with Crippen LogP contribution in [0, 0.1) is 11.3 Å². The molecular formula is C22H28N8O4. The van der Waals surface area contributed by atoms with Crippen LogP contribution < -0.4 is 16.0 Å². The van der Waals surface area contributed by atoms with Crippen molar-refractivity contribution in [3.8, 4) is 6.07 Å². The first kappa shape index (κ1) is 24.7. The summed E-state index contributed by atoms with van der Waals surface area (Å²) in [7, 11) is 1.51. The first-order valence-electron chi connectivity index (χ1n) is 10.7. The molecule has 2 aromatic heterocycles. The monoisotopic (exact) mass is 468 g/mol. The van der Waals surface area contributed by atoms with E-state index in [1.54, 1.807) is 23.1 Å². The fourth-order valence-corrected chi connectivity index (χ4v) is 3.11. The Hall–Kier alpha value is -3.98. The van der Waals surface area contributed by atoms with E-state index in [0.29, 0.717) is 49.1 Å². The van der Waals surface area contributed by atoms with Gasteiger partial charge in [-0.05, 0) is 32.9 Å². The Labute approximate surface area is 197 Å². The lowest BCUT2D eigenvalue weighted by molar-refractivity contribution is -0.0371. The number of nitrogens with one attached hydrogen (secondary N) is 3. The van der Waals surface area contributed by atoms with Crippen LogP contribution in [0.1, 0.15) is 37.0 Å². The average molecular weight is 469 g/mol. The van der Waals surface area contributed by atoms with Crippen molar-refractivity contribution < 1.29 is 19.1 Å². The molecule has 12 nitrogen and oxygen atoms in total. The highest BCUT2D eigenvalue weighted by molar-refractivity contribution is 5.97. The lowest BCUT2D eigenvalue weighted by Gasteiger charge is -2.34. The van der Waals surface area contributed by atoms with Gasteiger partial charge in [0.1, 0.15) is 17.4 Å². The molecule has 2 amide bonds. The summed E-state index contributed by atoms with van der Waals surface area (Å²) in [4.78, 5) is 30.3. The summed E-state index contributed by atoms with van der Waals surface area (Å²) >= 11 is 0. The highest BCUT2D eigenvalue weighted by Gasteiger charge is 2.28.